The molecule has 14 heavy (non-hydrogen) atoms. The summed E-state index contributed by atoms with van der Waals surface area (Å²) < 4.78 is 8.58. The molecule has 0 aliphatic heterocycles. The first-order valence-corrected chi connectivity index (χ1v) is 3.61. The third-order valence-electron chi connectivity index (χ3n) is 0.821. The normalized spacial score (nSPS) is 6.71. The van der Waals surface area contributed by atoms with Crippen molar-refractivity contribution in [3.63, 3.8) is 0 Å². The van der Waals surface area contributed by atoms with Crippen molar-refractivity contribution < 1.29 is 19.1 Å². The molecular formula is C9H15ClO4. The van der Waals surface area contributed by atoms with Crippen molar-refractivity contribution in [2.75, 3.05) is 13.7 Å². The van der Waals surface area contributed by atoms with Gasteiger partial charge in [-0.3, -0.25) is 0 Å². The Hall–Kier alpha value is -1.29. The quantitative estimate of drug-likeness (QED) is 0.537. The predicted octanol–water partition coefficient (Wildman–Crippen LogP) is 1.50. The number of carbonyl (C=O) groups is 2. The summed E-state index contributed by atoms with van der Waals surface area (Å²) in [5, 5.41) is 0. The Morgan fingerprint density at radius 3 is 1.71 bits per heavy atom. The number of esters is 2. The van der Waals surface area contributed by atoms with Crippen LogP contribution in [-0.2, 0) is 19.1 Å². The Labute approximate surface area is 90.0 Å². The van der Waals surface area contributed by atoms with E-state index in [0.717, 1.165) is 12.2 Å². The smallest absolute Gasteiger partial charge is 0.330 e. The molecule has 0 bridgehead atoms. The highest BCUT2D eigenvalue weighted by Gasteiger charge is 1.86. The standard InChI is InChI=1S/C5H8O2.C4H6O2.ClH/c1-3-5(6)7-4-2;1-3-4(5)6-2;/h3H,1,4H2,2H3;3H,1H2,2H3;1H. The van der Waals surface area contributed by atoms with Crippen LogP contribution in [-0.4, -0.2) is 25.7 Å². The maximum Gasteiger partial charge on any atom is 0.330 e. The van der Waals surface area contributed by atoms with Crippen LogP contribution in [0, 0.1) is 0 Å². The van der Waals surface area contributed by atoms with Crippen molar-refractivity contribution in [2.45, 2.75) is 6.92 Å². The van der Waals surface area contributed by atoms with E-state index in [2.05, 4.69) is 22.6 Å². The van der Waals surface area contributed by atoms with E-state index in [4.69, 9.17) is 0 Å². The molecule has 0 aliphatic carbocycles. The summed E-state index contributed by atoms with van der Waals surface area (Å²) in [5.41, 5.74) is 0. The fourth-order valence-electron chi connectivity index (χ4n) is 0.285. The third kappa shape index (κ3) is 17.0. The van der Waals surface area contributed by atoms with Gasteiger partial charge in [-0.2, -0.15) is 0 Å². The van der Waals surface area contributed by atoms with Crippen LogP contribution in [0.15, 0.2) is 25.3 Å². The molecule has 82 valence electrons. The lowest BCUT2D eigenvalue weighted by atomic mass is 10.6. The lowest BCUT2D eigenvalue weighted by Gasteiger charge is -1.90. The van der Waals surface area contributed by atoms with Crippen LogP contribution in [0.2, 0.25) is 0 Å². The summed E-state index contributed by atoms with van der Waals surface area (Å²) in [6, 6.07) is 0. The van der Waals surface area contributed by atoms with Gasteiger partial charge in [-0.25, -0.2) is 9.59 Å². The number of hydrogen-bond acceptors (Lipinski definition) is 4. The van der Waals surface area contributed by atoms with Crippen LogP contribution in [0.5, 0.6) is 0 Å². The van der Waals surface area contributed by atoms with Crippen LogP contribution < -0.4 is 0 Å². The lowest BCUT2D eigenvalue weighted by molar-refractivity contribution is -0.137. The molecule has 0 heterocycles. The number of rotatable bonds is 3. The summed E-state index contributed by atoms with van der Waals surface area (Å²) in [6.07, 6.45) is 2.25. The van der Waals surface area contributed by atoms with Gasteiger partial charge >= 0.3 is 11.9 Å². The topological polar surface area (TPSA) is 52.6 Å². The van der Waals surface area contributed by atoms with Gasteiger partial charge in [-0.15, -0.1) is 12.4 Å². The van der Waals surface area contributed by atoms with Gasteiger partial charge in [0.15, 0.2) is 0 Å². The molecule has 0 aromatic carbocycles. The van der Waals surface area contributed by atoms with Crippen LogP contribution in [0.4, 0.5) is 0 Å². The summed E-state index contributed by atoms with van der Waals surface area (Å²) in [7, 11) is 1.31. The monoisotopic (exact) mass is 222 g/mol. The highest BCUT2D eigenvalue weighted by molar-refractivity contribution is 5.85. The summed E-state index contributed by atoms with van der Waals surface area (Å²) in [6.45, 7) is 8.53. The minimum absolute atomic E-state index is 0. The highest BCUT2D eigenvalue weighted by atomic mass is 35.5. The van der Waals surface area contributed by atoms with Crippen molar-refractivity contribution in [1.29, 1.82) is 0 Å². The molecule has 0 saturated heterocycles. The SMILES string of the molecule is C=CC(=O)OC.C=CC(=O)OCC.Cl. The second-order valence-electron chi connectivity index (χ2n) is 1.68. The number of halogens is 1. The molecule has 0 spiro atoms. The summed E-state index contributed by atoms with van der Waals surface area (Å²) >= 11 is 0. The minimum Gasteiger partial charge on any atom is -0.466 e. The van der Waals surface area contributed by atoms with E-state index >= 15 is 0 Å². The largest absolute Gasteiger partial charge is 0.466 e. The molecule has 0 radical (unpaired) electrons. The fourth-order valence-corrected chi connectivity index (χ4v) is 0.285. The van der Waals surface area contributed by atoms with Gasteiger partial charge in [-0.05, 0) is 6.92 Å². The Balaban J connectivity index is -0.000000163. The first-order chi connectivity index (χ1) is 6.12. The third-order valence-corrected chi connectivity index (χ3v) is 0.821. The van der Waals surface area contributed by atoms with Crippen LogP contribution in [0.3, 0.4) is 0 Å². The van der Waals surface area contributed by atoms with Crippen LogP contribution in [0.1, 0.15) is 6.92 Å². The molecule has 0 aliphatic rings. The zero-order chi connectivity index (χ0) is 10.7. The molecule has 0 unspecified atom stereocenters. The molecule has 0 amide bonds. The number of hydrogen-bond donors (Lipinski definition) is 0. The minimum atomic E-state index is -0.394. The Morgan fingerprint density at radius 1 is 1.21 bits per heavy atom. The van der Waals surface area contributed by atoms with Gasteiger partial charge in [0.05, 0.1) is 13.7 Å². The fraction of sp³-hybridized carbons (Fsp3) is 0.333. The van der Waals surface area contributed by atoms with E-state index in [-0.39, 0.29) is 18.4 Å². The van der Waals surface area contributed by atoms with E-state index in [9.17, 15) is 9.59 Å². The van der Waals surface area contributed by atoms with Crippen molar-refractivity contribution in [2.24, 2.45) is 0 Å². The molecule has 0 saturated carbocycles. The zero-order valence-electron chi connectivity index (χ0n) is 8.32. The molecule has 0 N–H and O–H groups in total. The molecule has 0 atom stereocenters. The van der Waals surface area contributed by atoms with Gasteiger partial charge in [0, 0.05) is 12.2 Å². The first kappa shape index (κ1) is 18.5. The van der Waals surface area contributed by atoms with Crippen molar-refractivity contribution in [1.82, 2.24) is 0 Å². The maximum atomic E-state index is 10.1. The number of ether oxygens (including phenoxy) is 2. The van der Waals surface area contributed by atoms with Crippen LogP contribution >= 0.6 is 12.4 Å². The Morgan fingerprint density at radius 2 is 1.64 bits per heavy atom. The molecule has 0 rings (SSSR count). The van der Waals surface area contributed by atoms with Crippen molar-refractivity contribution >= 4 is 24.3 Å². The van der Waals surface area contributed by atoms with Gasteiger partial charge in [0.1, 0.15) is 0 Å². The second-order valence-corrected chi connectivity index (χ2v) is 1.68. The van der Waals surface area contributed by atoms with E-state index in [1.165, 1.54) is 7.11 Å². The van der Waals surface area contributed by atoms with Gasteiger partial charge in [0.2, 0.25) is 0 Å². The molecular weight excluding hydrogens is 208 g/mol. The maximum absolute atomic E-state index is 10.1. The van der Waals surface area contributed by atoms with E-state index < -0.39 is 5.97 Å². The van der Waals surface area contributed by atoms with Gasteiger partial charge in [-0.1, -0.05) is 13.2 Å². The highest BCUT2D eigenvalue weighted by Crippen LogP contribution is 1.74. The summed E-state index contributed by atoms with van der Waals surface area (Å²) in [4.78, 5) is 19.9. The molecule has 0 fully saturated rings. The van der Waals surface area contributed by atoms with Crippen LogP contribution in [0.25, 0.3) is 0 Å². The van der Waals surface area contributed by atoms with E-state index in [1.54, 1.807) is 6.92 Å². The average Bonchev–Trinajstić information content (AvgIpc) is 2.18. The Kier molecular flexibility index (Phi) is 18.8. The molecule has 5 heteroatoms. The van der Waals surface area contributed by atoms with E-state index in [1.807, 2.05) is 0 Å². The Bertz CT molecular complexity index is 189. The van der Waals surface area contributed by atoms with Gasteiger partial charge in [0.25, 0.3) is 0 Å². The number of carbonyl (C=O) groups excluding carboxylic acids is 2. The number of methoxy groups -OCH3 is 1. The van der Waals surface area contributed by atoms with Crippen molar-refractivity contribution in [3.05, 3.63) is 25.3 Å². The second kappa shape index (κ2) is 14.2. The molecule has 0 aromatic rings. The van der Waals surface area contributed by atoms with E-state index in [0.29, 0.717) is 6.61 Å². The average molecular weight is 223 g/mol. The predicted molar refractivity (Wildman–Crippen MR) is 56.3 cm³/mol. The summed E-state index contributed by atoms with van der Waals surface area (Å²) in [5.74, 6) is -0.752. The molecule has 0 aromatic heterocycles. The first-order valence-electron chi connectivity index (χ1n) is 3.61. The van der Waals surface area contributed by atoms with Gasteiger partial charge < -0.3 is 9.47 Å². The molecule has 4 nitrogen and oxygen atoms in total. The lowest BCUT2D eigenvalue weighted by Crippen LogP contribution is -1.97. The zero-order valence-corrected chi connectivity index (χ0v) is 9.13. The van der Waals surface area contributed by atoms with Crippen molar-refractivity contribution in [3.8, 4) is 0 Å².